The molecule has 0 saturated heterocycles. The van der Waals surface area contributed by atoms with Gasteiger partial charge in [0.25, 0.3) is 0 Å². The number of nitrogens with two attached hydrogens (primary N) is 1. The van der Waals surface area contributed by atoms with Gasteiger partial charge in [-0.1, -0.05) is 31.5 Å². The Kier molecular flexibility index (Phi) is 3.98. The van der Waals surface area contributed by atoms with Crippen LogP contribution in [-0.4, -0.2) is 21.3 Å². The predicted molar refractivity (Wildman–Crippen MR) is 91.5 cm³/mol. The third-order valence-electron chi connectivity index (χ3n) is 4.18. The van der Waals surface area contributed by atoms with Gasteiger partial charge in [-0.05, 0) is 29.7 Å². The van der Waals surface area contributed by atoms with Gasteiger partial charge < -0.3 is 10.3 Å². The molecular weight excluding hydrogens is 296 g/mol. The van der Waals surface area contributed by atoms with E-state index in [0.29, 0.717) is 12.5 Å². The van der Waals surface area contributed by atoms with Gasteiger partial charge in [-0.15, -0.1) is 0 Å². The molecule has 0 aliphatic carbocycles. The van der Waals surface area contributed by atoms with Gasteiger partial charge in [0.2, 0.25) is 0 Å². The second-order valence-electron chi connectivity index (χ2n) is 6.05. The molecule has 5 heteroatoms. The number of nitrogens with one attached hydrogen (secondary N) is 1. The number of hydrogen-bond acceptors (Lipinski definition) is 2. The van der Waals surface area contributed by atoms with E-state index in [1.165, 1.54) is 10.9 Å². The van der Waals surface area contributed by atoms with Crippen LogP contribution in [0.2, 0.25) is 5.02 Å². The number of hydrogen-bond donors (Lipinski definition) is 2. The quantitative estimate of drug-likeness (QED) is 0.769. The van der Waals surface area contributed by atoms with Crippen LogP contribution in [0.4, 0.5) is 0 Å². The van der Waals surface area contributed by atoms with E-state index in [-0.39, 0.29) is 5.92 Å². The van der Waals surface area contributed by atoms with Crippen molar-refractivity contribution in [1.82, 2.24) is 14.8 Å². The Morgan fingerprint density at radius 3 is 2.73 bits per heavy atom. The molecule has 3 N–H and O–H groups in total. The van der Waals surface area contributed by atoms with Crippen LogP contribution >= 0.6 is 11.6 Å². The third kappa shape index (κ3) is 2.53. The highest BCUT2D eigenvalue weighted by molar-refractivity contribution is 6.31. The highest BCUT2D eigenvalue weighted by atomic mass is 35.5. The van der Waals surface area contributed by atoms with E-state index in [1.807, 2.05) is 19.2 Å². The summed E-state index contributed by atoms with van der Waals surface area (Å²) >= 11 is 6.11. The van der Waals surface area contributed by atoms with Crippen LogP contribution in [0.3, 0.4) is 0 Å². The zero-order chi connectivity index (χ0) is 15.9. The first-order chi connectivity index (χ1) is 10.5. The average molecular weight is 317 g/mol. The molecule has 0 spiro atoms. The molecule has 3 rings (SSSR count). The molecule has 2 heterocycles. The smallest absolute Gasteiger partial charge is 0.0650 e. The number of fused-ring (bicyclic) bond motifs is 1. The highest BCUT2D eigenvalue weighted by Crippen LogP contribution is 2.32. The van der Waals surface area contributed by atoms with Gasteiger partial charge in [-0.3, -0.25) is 5.10 Å². The molecule has 1 unspecified atom stereocenters. The van der Waals surface area contributed by atoms with Crippen molar-refractivity contribution in [2.45, 2.75) is 25.7 Å². The van der Waals surface area contributed by atoms with E-state index in [2.05, 4.69) is 46.9 Å². The lowest BCUT2D eigenvalue weighted by atomic mass is 9.94. The van der Waals surface area contributed by atoms with Crippen LogP contribution in [0.25, 0.3) is 10.9 Å². The molecule has 3 aromatic rings. The van der Waals surface area contributed by atoms with Gasteiger partial charge in [0.1, 0.15) is 0 Å². The summed E-state index contributed by atoms with van der Waals surface area (Å²) in [6.07, 6.45) is 2.13. The number of halogens is 1. The Hall–Kier alpha value is -1.78. The zero-order valence-electron chi connectivity index (χ0n) is 13.1. The number of rotatable bonds is 4. The van der Waals surface area contributed by atoms with Gasteiger partial charge in [0.05, 0.1) is 5.69 Å². The van der Waals surface area contributed by atoms with Crippen molar-refractivity contribution < 1.29 is 0 Å². The Morgan fingerprint density at radius 2 is 2.09 bits per heavy atom. The maximum absolute atomic E-state index is 6.11. The summed E-state index contributed by atoms with van der Waals surface area (Å²) in [6.45, 7) is 4.80. The largest absolute Gasteiger partial charge is 0.350 e. The van der Waals surface area contributed by atoms with Crippen molar-refractivity contribution in [2.75, 3.05) is 6.54 Å². The van der Waals surface area contributed by atoms with E-state index < -0.39 is 0 Å². The van der Waals surface area contributed by atoms with Crippen LogP contribution < -0.4 is 5.73 Å². The fourth-order valence-electron chi connectivity index (χ4n) is 2.91. The summed E-state index contributed by atoms with van der Waals surface area (Å²) in [5, 5.41) is 9.49. The monoisotopic (exact) mass is 316 g/mol. The van der Waals surface area contributed by atoms with Crippen LogP contribution in [-0.2, 0) is 7.05 Å². The van der Waals surface area contributed by atoms with Crippen molar-refractivity contribution in [1.29, 1.82) is 0 Å². The lowest BCUT2D eigenvalue weighted by molar-refractivity contribution is 0.772. The molecule has 0 saturated carbocycles. The molecule has 2 aromatic heterocycles. The summed E-state index contributed by atoms with van der Waals surface area (Å²) in [5.74, 6) is 0.500. The summed E-state index contributed by atoms with van der Waals surface area (Å²) < 4.78 is 2.10. The van der Waals surface area contributed by atoms with Crippen LogP contribution in [0.1, 0.15) is 42.6 Å². The fourth-order valence-corrected chi connectivity index (χ4v) is 3.08. The van der Waals surface area contributed by atoms with Gasteiger partial charge in [-0.25, -0.2) is 0 Å². The summed E-state index contributed by atoms with van der Waals surface area (Å²) in [7, 11) is 2.03. The van der Waals surface area contributed by atoms with E-state index in [4.69, 9.17) is 17.3 Å². The molecule has 0 aliphatic heterocycles. The first kappa shape index (κ1) is 15.1. The Morgan fingerprint density at radius 1 is 1.32 bits per heavy atom. The molecule has 1 aromatic carbocycles. The Labute approximate surface area is 135 Å². The Bertz CT molecular complexity index is 800. The van der Waals surface area contributed by atoms with Crippen LogP contribution in [0.5, 0.6) is 0 Å². The minimum Gasteiger partial charge on any atom is -0.350 e. The van der Waals surface area contributed by atoms with Gasteiger partial charge in [0.15, 0.2) is 0 Å². The normalized spacial score (nSPS) is 13.2. The standard InChI is InChI=1S/C17H21ClN4/c1-10(2)15-7-16(21-20-15)13(8-19)14-9-22(3)17-6-11(18)4-5-12(14)17/h4-7,9-10,13H,8,19H2,1-3H3,(H,20,21). The molecule has 22 heavy (non-hydrogen) atoms. The van der Waals surface area contributed by atoms with E-state index in [0.717, 1.165) is 21.9 Å². The molecule has 0 radical (unpaired) electrons. The van der Waals surface area contributed by atoms with Crippen molar-refractivity contribution >= 4 is 22.5 Å². The lowest BCUT2D eigenvalue weighted by Gasteiger charge is -2.12. The van der Waals surface area contributed by atoms with Crippen molar-refractivity contribution in [3.63, 3.8) is 0 Å². The molecule has 1 atom stereocenters. The topological polar surface area (TPSA) is 59.6 Å². The second-order valence-corrected chi connectivity index (χ2v) is 6.48. The third-order valence-corrected chi connectivity index (χ3v) is 4.41. The maximum atomic E-state index is 6.11. The van der Waals surface area contributed by atoms with Gasteiger partial charge >= 0.3 is 0 Å². The lowest BCUT2D eigenvalue weighted by Crippen LogP contribution is -2.14. The van der Waals surface area contributed by atoms with Crippen LogP contribution in [0.15, 0.2) is 30.5 Å². The molecule has 0 fully saturated rings. The number of benzene rings is 1. The number of aromatic nitrogens is 3. The summed E-state index contributed by atoms with van der Waals surface area (Å²) in [4.78, 5) is 0. The summed E-state index contributed by atoms with van der Waals surface area (Å²) in [5.41, 5.74) is 10.5. The van der Waals surface area contributed by atoms with E-state index in [9.17, 15) is 0 Å². The molecule has 0 bridgehead atoms. The zero-order valence-corrected chi connectivity index (χ0v) is 13.9. The summed E-state index contributed by atoms with van der Waals surface area (Å²) in [6, 6.07) is 8.10. The minimum atomic E-state index is 0.102. The van der Waals surface area contributed by atoms with Gasteiger partial charge in [0, 0.05) is 47.3 Å². The predicted octanol–water partition coefficient (Wildman–Crippen LogP) is 3.77. The Balaban J connectivity index is 2.10. The first-order valence-electron chi connectivity index (χ1n) is 7.51. The molecular formula is C17H21ClN4. The number of aryl methyl sites for hydroxylation is 1. The highest BCUT2D eigenvalue weighted by Gasteiger charge is 2.20. The average Bonchev–Trinajstić information content (AvgIpc) is 3.07. The van der Waals surface area contributed by atoms with Crippen LogP contribution in [0, 0.1) is 0 Å². The van der Waals surface area contributed by atoms with Crippen molar-refractivity contribution in [3.8, 4) is 0 Å². The molecule has 0 aliphatic rings. The minimum absolute atomic E-state index is 0.102. The van der Waals surface area contributed by atoms with Crippen molar-refractivity contribution in [2.24, 2.45) is 12.8 Å². The fraction of sp³-hybridized carbons (Fsp3) is 0.353. The van der Waals surface area contributed by atoms with Crippen molar-refractivity contribution in [3.05, 3.63) is 52.4 Å². The molecule has 116 valence electrons. The number of nitrogens with zero attached hydrogens (tertiary/aromatic N) is 2. The molecule has 4 nitrogen and oxygen atoms in total. The first-order valence-corrected chi connectivity index (χ1v) is 7.88. The van der Waals surface area contributed by atoms with Gasteiger partial charge in [-0.2, -0.15) is 5.10 Å². The van der Waals surface area contributed by atoms with E-state index in [1.54, 1.807) is 0 Å². The molecule has 0 amide bonds. The number of H-pyrrole nitrogens is 1. The SMILES string of the molecule is CC(C)c1cc(C(CN)c2cn(C)c3cc(Cl)ccc23)[nH]n1. The maximum Gasteiger partial charge on any atom is 0.0650 e. The van der Waals surface area contributed by atoms with E-state index >= 15 is 0 Å². The number of aromatic amines is 1. The second kappa shape index (κ2) is 5.78.